The lowest BCUT2D eigenvalue weighted by molar-refractivity contribution is 0.0319. The maximum absolute atomic E-state index is 12.2. The molecule has 0 saturated heterocycles. The molecule has 22 heavy (non-hydrogen) atoms. The Morgan fingerprint density at radius 3 is 2.55 bits per heavy atom. The standard InChI is InChI=1S/C20H28O2/c1-4-6-7-8-9-10-11-14-17(3)22-20(21)19-16-13-12-15-18(19)5-2/h4-5,12-13,15-17H,1-2,6-11,14H2,3H3/t17-/m1/s1. The summed E-state index contributed by atoms with van der Waals surface area (Å²) < 4.78 is 5.52. The maximum atomic E-state index is 12.2. The number of carbonyl (C=O) groups excluding carboxylic acids is 1. The van der Waals surface area contributed by atoms with Crippen molar-refractivity contribution in [3.05, 3.63) is 54.6 Å². The van der Waals surface area contributed by atoms with E-state index in [1.165, 1.54) is 25.7 Å². The van der Waals surface area contributed by atoms with Gasteiger partial charge in [0.2, 0.25) is 0 Å². The minimum absolute atomic E-state index is 0.0430. The van der Waals surface area contributed by atoms with E-state index in [1.807, 2.05) is 31.2 Å². The largest absolute Gasteiger partial charge is 0.459 e. The van der Waals surface area contributed by atoms with Gasteiger partial charge in [0.25, 0.3) is 0 Å². The predicted octanol–water partition coefficient (Wildman–Crippen LogP) is 5.79. The van der Waals surface area contributed by atoms with Crippen LogP contribution in [-0.2, 0) is 4.74 Å². The van der Waals surface area contributed by atoms with Gasteiger partial charge in [-0.25, -0.2) is 4.79 Å². The van der Waals surface area contributed by atoms with Gasteiger partial charge in [0, 0.05) is 0 Å². The lowest BCUT2D eigenvalue weighted by Crippen LogP contribution is -2.15. The van der Waals surface area contributed by atoms with Gasteiger partial charge in [-0.05, 0) is 44.2 Å². The zero-order chi connectivity index (χ0) is 16.2. The summed E-state index contributed by atoms with van der Waals surface area (Å²) in [6.07, 6.45) is 11.7. The average molecular weight is 300 g/mol. The molecule has 0 aliphatic rings. The van der Waals surface area contributed by atoms with Gasteiger partial charge in [-0.2, -0.15) is 0 Å². The Balaban J connectivity index is 2.27. The van der Waals surface area contributed by atoms with E-state index in [4.69, 9.17) is 4.74 Å². The molecule has 2 nitrogen and oxygen atoms in total. The summed E-state index contributed by atoms with van der Waals surface area (Å²) in [5.74, 6) is -0.256. The van der Waals surface area contributed by atoms with Gasteiger partial charge in [-0.3, -0.25) is 0 Å². The summed E-state index contributed by atoms with van der Waals surface area (Å²) in [6.45, 7) is 9.42. The van der Waals surface area contributed by atoms with E-state index >= 15 is 0 Å². The molecule has 0 saturated carbocycles. The Morgan fingerprint density at radius 2 is 1.82 bits per heavy atom. The summed E-state index contributed by atoms with van der Waals surface area (Å²) in [6, 6.07) is 7.39. The molecular formula is C20H28O2. The van der Waals surface area contributed by atoms with Crippen molar-refractivity contribution in [2.24, 2.45) is 0 Å². The number of hydrogen-bond donors (Lipinski definition) is 0. The maximum Gasteiger partial charge on any atom is 0.338 e. The van der Waals surface area contributed by atoms with Crippen LogP contribution in [0.5, 0.6) is 0 Å². The van der Waals surface area contributed by atoms with Crippen molar-refractivity contribution in [3.8, 4) is 0 Å². The number of esters is 1. The minimum Gasteiger partial charge on any atom is -0.459 e. The molecule has 120 valence electrons. The number of carbonyl (C=O) groups is 1. The van der Waals surface area contributed by atoms with Crippen LogP contribution in [-0.4, -0.2) is 12.1 Å². The van der Waals surface area contributed by atoms with Crippen LogP contribution in [0.2, 0.25) is 0 Å². The third-order valence-electron chi connectivity index (χ3n) is 3.73. The molecule has 0 amide bonds. The van der Waals surface area contributed by atoms with Crippen LogP contribution in [0.4, 0.5) is 0 Å². The molecule has 0 spiro atoms. The fourth-order valence-electron chi connectivity index (χ4n) is 2.42. The van der Waals surface area contributed by atoms with Gasteiger partial charge in [-0.1, -0.05) is 56.2 Å². The first-order valence-electron chi connectivity index (χ1n) is 8.22. The van der Waals surface area contributed by atoms with Crippen LogP contribution in [0.3, 0.4) is 0 Å². The van der Waals surface area contributed by atoms with Gasteiger partial charge in [0.15, 0.2) is 0 Å². The summed E-state index contributed by atoms with van der Waals surface area (Å²) in [7, 11) is 0. The second-order valence-electron chi connectivity index (χ2n) is 5.64. The van der Waals surface area contributed by atoms with Crippen molar-refractivity contribution in [2.75, 3.05) is 0 Å². The molecule has 0 unspecified atom stereocenters. The number of benzene rings is 1. The number of rotatable bonds is 11. The second kappa shape index (κ2) is 10.8. The minimum atomic E-state index is -0.256. The molecule has 0 radical (unpaired) electrons. The SMILES string of the molecule is C=CCCCCCCC[C@@H](C)OC(=O)c1ccccc1C=C. The molecule has 0 bridgehead atoms. The van der Waals surface area contributed by atoms with E-state index < -0.39 is 0 Å². The van der Waals surface area contributed by atoms with Crippen molar-refractivity contribution >= 4 is 12.0 Å². The first-order chi connectivity index (χ1) is 10.7. The molecule has 0 fully saturated rings. The van der Waals surface area contributed by atoms with Crippen LogP contribution in [0.25, 0.3) is 6.08 Å². The second-order valence-corrected chi connectivity index (χ2v) is 5.64. The van der Waals surface area contributed by atoms with E-state index in [0.29, 0.717) is 5.56 Å². The molecule has 1 aromatic rings. The summed E-state index contributed by atoms with van der Waals surface area (Å²) in [4.78, 5) is 12.2. The highest BCUT2D eigenvalue weighted by Gasteiger charge is 2.14. The number of unbranched alkanes of at least 4 members (excludes halogenated alkanes) is 5. The van der Waals surface area contributed by atoms with Crippen molar-refractivity contribution < 1.29 is 9.53 Å². The van der Waals surface area contributed by atoms with Gasteiger partial charge in [-0.15, -0.1) is 6.58 Å². The highest BCUT2D eigenvalue weighted by molar-refractivity contribution is 5.93. The van der Waals surface area contributed by atoms with Gasteiger partial charge in [0.05, 0.1) is 11.7 Å². The van der Waals surface area contributed by atoms with Gasteiger partial charge in [0.1, 0.15) is 0 Å². The van der Waals surface area contributed by atoms with Crippen molar-refractivity contribution in [1.82, 2.24) is 0 Å². The zero-order valence-electron chi connectivity index (χ0n) is 13.7. The molecular weight excluding hydrogens is 272 g/mol. The Morgan fingerprint density at radius 1 is 1.14 bits per heavy atom. The highest BCUT2D eigenvalue weighted by atomic mass is 16.5. The van der Waals surface area contributed by atoms with Crippen LogP contribution in [0.1, 0.15) is 67.8 Å². The van der Waals surface area contributed by atoms with Crippen molar-refractivity contribution in [1.29, 1.82) is 0 Å². The quantitative estimate of drug-likeness (QED) is 0.293. The fraction of sp³-hybridized carbons (Fsp3) is 0.450. The van der Waals surface area contributed by atoms with Crippen molar-refractivity contribution in [3.63, 3.8) is 0 Å². The number of hydrogen-bond acceptors (Lipinski definition) is 2. The molecule has 1 aromatic carbocycles. The smallest absolute Gasteiger partial charge is 0.338 e. The Bertz CT molecular complexity index is 476. The van der Waals surface area contributed by atoms with E-state index in [2.05, 4.69) is 13.2 Å². The lowest BCUT2D eigenvalue weighted by Gasteiger charge is -2.14. The molecule has 0 aliphatic heterocycles. The third-order valence-corrected chi connectivity index (χ3v) is 3.73. The fourth-order valence-corrected chi connectivity index (χ4v) is 2.42. The van der Waals surface area contributed by atoms with Gasteiger partial charge >= 0.3 is 5.97 Å². The van der Waals surface area contributed by atoms with Crippen LogP contribution >= 0.6 is 0 Å². The average Bonchev–Trinajstić information content (AvgIpc) is 2.53. The van der Waals surface area contributed by atoms with Crippen LogP contribution in [0.15, 0.2) is 43.5 Å². The molecule has 0 aromatic heterocycles. The molecule has 0 aliphatic carbocycles. The topological polar surface area (TPSA) is 26.3 Å². The monoisotopic (exact) mass is 300 g/mol. The first-order valence-corrected chi connectivity index (χ1v) is 8.22. The normalized spacial score (nSPS) is 11.7. The molecule has 1 atom stereocenters. The summed E-state index contributed by atoms with van der Waals surface area (Å²) >= 11 is 0. The Kier molecular flexibility index (Phi) is 8.97. The Labute approximate surface area is 134 Å². The van der Waals surface area contributed by atoms with E-state index in [9.17, 15) is 4.79 Å². The Hall–Kier alpha value is -1.83. The van der Waals surface area contributed by atoms with E-state index in [-0.39, 0.29) is 12.1 Å². The lowest BCUT2D eigenvalue weighted by atomic mass is 10.1. The molecule has 0 N–H and O–H groups in total. The highest BCUT2D eigenvalue weighted by Crippen LogP contribution is 2.15. The summed E-state index contributed by atoms with van der Waals surface area (Å²) in [5, 5.41) is 0. The van der Waals surface area contributed by atoms with E-state index in [1.54, 1.807) is 12.1 Å². The molecule has 0 heterocycles. The van der Waals surface area contributed by atoms with Crippen LogP contribution in [0, 0.1) is 0 Å². The zero-order valence-corrected chi connectivity index (χ0v) is 13.7. The predicted molar refractivity (Wildman–Crippen MR) is 93.9 cm³/mol. The van der Waals surface area contributed by atoms with Crippen molar-refractivity contribution in [2.45, 2.75) is 58.0 Å². The third kappa shape index (κ3) is 6.75. The first kappa shape index (κ1) is 18.2. The molecule has 1 rings (SSSR count). The van der Waals surface area contributed by atoms with Gasteiger partial charge < -0.3 is 4.74 Å². The summed E-state index contributed by atoms with van der Waals surface area (Å²) in [5.41, 5.74) is 1.41. The number of allylic oxidation sites excluding steroid dienone is 1. The number of ether oxygens (including phenoxy) is 1. The molecule has 2 heteroatoms. The van der Waals surface area contributed by atoms with E-state index in [0.717, 1.165) is 24.8 Å². The van der Waals surface area contributed by atoms with Crippen LogP contribution < -0.4 is 0 Å².